The summed E-state index contributed by atoms with van der Waals surface area (Å²) in [6.45, 7) is 4.37. The molecular formula is C20H26N2O4S. The molecule has 0 aliphatic rings. The molecular weight excluding hydrogens is 364 g/mol. The zero-order valence-corrected chi connectivity index (χ0v) is 16.7. The maximum Gasteiger partial charge on any atom is 0.244 e. The normalized spacial score (nSPS) is 12.3. The van der Waals surface area contributed by atoms with Gasteiger partial charge in [0.1, 0.15) is 18.4 Å². The van der Waals surface area contributed by atoms with Crippen molar-refractivity contribution in [2.75, 3.05) is 23.7 Å². The van der Waals surface area contributed by atoms with Crippen LogP contribution in [0.15, 0.2) is 54.6 Å². The number of carbonyl (C=O) groups is 1. The number of benzene rings is 2. The monoisotopic (exact) mass is 390 g/mol. The zero-order chi connectivity index (χ0) is 19.9. The molecule has 0 bridgehead atoms. The lowest BCUT2D eigenvalue weighted by Crippen LogP contribution is -2.49. The number of hydrogen-bond acceptors (Lipinski definition) is 4. The van der Waals surface area contributed by atoms with Crippen LogP contribution in [0.2, 0.25) is 0 Å². The number of ether oxygens (including phenoxy) is 1. The minimum absolute atomic E-state index is 0.287. The minimum atomic E-state index is -3.61. The molecule has 27 heavy (non-hydrogen) atoms. The summed E-state index contributed by atoms with van der Waals surface area (Å²) in [6, 6.07) is 15.5. The van der Waals surface area contributed by atoms with Crippen molar-refractivity contribution in [1.82, 2.24) is 5.32 Å². The number of nitrogens with zero attached hydrogens (tertiary/aromatic N) is 1. The van der Waals surface area contributed by atoms with Crippen molar-refractivity contribution in [3.8, 4) is 5.75 Å². The zero-order valence-electron chi connectivity index (χ0n) is 15.9. The Morgan fingerprint density at radius 3 is 2.30 bits per heavy atom. The molecule has 0 fully saturated rings. The van der Waals surface area contributed by atoms with Crippen molar-refractivity contribution in [3.05, 3.63) is 60.2 Å². The average Bonchev–Trinajstić information content (AvgIpc) is 2.64. The van der Waals surface area contributed by atoms with Crippen molar-refractivity contribution in [3.63, 3.8) is 0 Å². The molecule has 1 N–H and O–H groups in total. The molecule has 0 heterocycles. The fourth-order valence-electron chi connectivity index (χ4n) is 2.73. The predicted molar refractivity (Wildman–Crippen MR) is 108 cm³/mol. The lowest BCUT2D eigenvalue weighted by molar-refractivity contribution is -0.122. The van der Waals surface area contributed by atoms with Gasteiger partial charge < -0.3 is 10.1 Å². The third-order valence-electron chi connectivity index (χ3n) is 4.03. The maximum absolute atomic E-state index is 12.6. The van der Waals surface area contributed by atoms with E-state index in [1.807, 2.05) is 31.2 Å². The number of para-hydroxylation sites is 1. The van der Waals surface area contributed by atoms with Crippen molar-refractivity contribution in [2.45, 2.75) is 26.3 Å². The Labute approximate surface area is 161 Å². The second-order valence-electron chi connectivity index (χ2n) is 6.27. The van der Waals surface area contributed by atoms with E-state index in [1.54, 1.807) is 37.3 Å². The third kappa shape index (κ3) is 5.99. The first-order valence-corrected chi connectivity index (χ1v) is 10.7. The third-order valence-corrected chi connectivity index (χ3v) is 5.21. The van der Waals surface area contributed by atoms with Crippen LogP contribution in [0, 0.1) is 6.92 Å². The van der Waals surface area contributed by atoms with Gasteiger partial charge in [0.25, 0.3) is 0 Å². The summed E-state index contributed by atoms with van der Waals surface area (Å²) in [6.07, 6.45) is 1.46. The fraction of sp³-hybridized carbons (Fsp3) is 0.350. The van der Waals surface area contributed by atoms with E-state index < -0.39 is 16.1 Å². The van der Waals surface area contributed by atoms with Crippen LogP contribution in [-0.4, -0.2) is 39.8 Å². The molecule has 0 unspecified atom stereocenters. The number of amides is 1. The van der Waals surface area contributed by atoms with E-state index >= 15 is 0 Å². The van der Waals surface area contributed by atoms with Crippen molar-refractivity contribution in [2.24, 2.45) is 0 Å². The van der Waals surface area contributed by atoms with E-state index in [2.05, 4.69) is 5.32 Å². The van der Waals surface area contributed by atoms with Gasteiger partial charge in [0.05, 0.1) is 18.5 Å². The maximum atomic E-state index is 12.6. The lowest BCUT2D eigenvalue weighted by atomic mass is 10.2. The molecule has 146 valence electrons. The van der Waals surface area contributed by atoms with E-state index in [9.17, 15) is 13.2 Å². The summed E-state index contributed by atoms with van der Waals surface area (Å²) < 4.78 is 31.4. The molecule has 0 saturated carbocycles. The highest BCUT2D eigenvalue weighted by atomic mass is 32.2. The van der Waals surface area contributed by atoms with Gasteiger partial charge in [-0.1, -0.05) is 42.8 Å². The Morgan fingerprint density at radius 2 is 1.74 bits per heavy atom. The number of carbonyl (C=O) groups excluding carboxylic acids is 1. The van der Waals surface area contributed by atoms with Crippen molar-refractivity contribution in [1.29, 1.82) is 0 Å². The Balaban J connectivity index is 1.99. The van der Waals surface area contributed by atoms with Crippen LogP contribution >= 0.6 is 0 Å². The summed E-state index contributed by atoms with van der Waals surface area (Å²) in [5.74, 6) is 0.378. The van der Waals surface area contributed by atoms with E-state index in [-0.39, 0.29) is 12.5 Å². The smallest absolute Gasteiger partial charge is 0.244 e. The summed E-state index contributed by atoms with van der Waals surface area (Å²) in [4.78, 5) is 12.6. The minimum Gasteiger partial charge on any atom is -0.492 e. The van der Waals surface area contributed by atoms with Crippen LogP contribution in [0.4, 0.5) is 5.69 Å². The van der Waals surface area contributed by atoms with Crippen LogP contribution in [-0.2, 0) is 14.8 Å². The highest BCUT2D eigenvalue weighted by molar-refractivity contribution is 7.92. The summed E-state index contributed by atoms with van der Waals surface area (Å²) in [7, 11) is -3.61. The fourth-order valence-corrected chi connectivity index (χ4v) is 3.94. The molecule has 2 aromatic carbocycles. The van der Waals surface area contributed by atoms with Gasteiger partial charge in [0.15, 0.2) is 0 Å². The van der Waals surface area contributed by atoms with Crippen molar-refractivity contribution < 1.29 is 17.9 Å². The molecule has 0 aliphatic heterocycles. The number of aryl methyl sites for hydroxylation is 1. The molecule has 2 rings (SSSR count). The second-order valence-corrected chi connectivity index (χ2v) is 8.13. The molecule has 0 aliphatic carbocycles. The average molecular weight is 391 g/mol. The summed E-state index contributed by atoms with van der Waals surface area (Å²) in [5.41, 5.74) is 1.61. The van der Waals surface area contributed by atoms with Gasteiger partial charge in [0, 0.05) is 0 Å². The van der Waals surface area contributed by atoms with Crippen LogP contribution in [0.5, 0.6) is 5.75 Å². The summed E-state index contributed by atoms with van der Waals surface area (Å²) in [5, 5.41) is 2.77. The Hall–Kier alpha value is -2.54. The number of rotatable bonds is 9. The first-order chi connectivity index (χ1) is 12.8. The predicted octanol–water partition coefficient (Wildman–Crippen LogP) is 2.73. The largest absolute Gasteiger partial charge is 0.492 e. The molecule has 0 radical (unpaired) electrons. The highest BCUT2D eigenvalue weighted by Gasteiger charge is 2.31. The van der Waals surface area contributed by atoms with Gasteiger partial charge in [0.2, 0.25) is 15.9 Å². The van der Waals surface area contributed by atoms with E-state index in [0.717, 1.165) is 17.6 Å². The standard InChI is InChI=1S/C20H26N2O4S/c1-4-19(22(27(3,24)25)17-8-6-5-7-9-17)20(23)21-14-15-26-18-12-10-16(2)11-13-18/h5-13,19H,4,14-15H2,1-3H3,(H,21,23)/t19-/m1/s1. The van der Waals surface area contributed by atoms with Gasteiger partial charge in [-0.15, -0.1) is 0 Å². The highest BCUT2D eigenvalue weighted by Crippen LogP contribution is 2.22. The Bertz CT molecular complexity index is 836. The van der Waals surface area contributed by atoms with Crippen molar-refractivity contribution >= 4 is 21.6 Å². The van der Waals surface area contributed by atoms with Gasteiger partial charge in [-0.3, -0.25) is 9.10 Å². The molecule has 1 amide bonds. The van der Waals surface area contributed by atoms with Gasteiger partial charge in [-0.2, -0.15) is 0 Å². The molecule has 1 atom stereocenters. The number of nitrogens with one attached hydrogen (secondary N) is 1. The van der Waals surface area contributed by atoms with E-state index in [4.69, 9.17) is 4.74 Å². The van der Waals surface area contributed by atoms with E-state index in [0.29, 0.717) is 18.7 Å². The molecule has 0 aromatic heterocycles. The number of sulfonamides is 1. The molecule has 6 nitrogen and oxygen atoms in total. The molecule has 0 spiro atoms. The lowest BCUT2D eigenvalue weighted by Gasteiger charge is -2.30. The number of hydrogen-bond donors (Lipinski definition) is 1. The first kappa shape index (κ1) is 20.8. The topological polar surface area (TPSA) is 75.7 Å². The van der Waals surface area contributed by atoms with Crippen LogP contribution < -0.4 is 14.4 Å². The Kier molecular flexibility index (Phi) is 7.24. The quantitative estimate of drug-likeness (QED) is 0.668. The first-order valence-electron chi connectivity index (χ1n) is 8.84. The Morgan fingerprint density at radius 1 is 1.11 bits per heavy atom. The molecule has 2 aromatic rings. The molecule has 7 heteroatoms. The number of anilines is 1. The van der Waals surface area contributed by atoms with Gasteiger partial charge in [-0.25, -0.2) is 8.42 Å². The SMILES string of the molecule is CC[C@H](C(=O)NCCOc1ccc(C)cc1)N(c1ccccc1)S(C)(=O)=O. The molecule has 0 saturated heterocycles. The van der Waals surface area contributed by atoms with Crippen LogP contribution in [0.1, 0.15) is 18.9 Å². The van der Waals surface area contributed by atoms with Crippen LogP contribution in [0.3, 0.4) is 0 Å². The van der Waals surface area contributed by atoms with Crippen LogP contribution in [0.25, 0.3) is 0 Å². The second kappa shape index (κ2) is 9.41. The van der Waals surface area contributed by atoms with E-state index in [1.165, 1.54) is 4.31 Å². The van der Waals surface area contributed by atoms with Gasteiger partial charge >= 0.3 is 0 Å². The summed E-state index contributed by atoms with van der Waals surface area (Å²) >= 11 is 0. The van der Waals surface area contributed by atoms with Gasteiger partial charge in [-0.05, 0) is 37.6 Å².